The molecule has 0 aromatic rings. The maximum absolute atomic E-state index is 12.7. The Morgan fingerprint density at radius 3 is 1.91 bits per heavy atom. The molecule has 2 bridgehead atoms. The lowest BCUT2D eigenvalue weighted by Crippen LogP contribution is -2.58. The van der Waals surface area contributed by atoms with Crippen LogP contribution in [0.3, 0.4) is 0 Å². The van der Waals surface area contributed by atoms with Crippen molar-refractivity contribution >= 4 is 58.0 Å². The smallest absolute Gasteiger partial charge is 0.218 e. The Hall–Kier alpha value is -0.100. The van der Waals surface area contributed by atoms with E-state index in [1.807, 2.05) is 0 Å². The summed E-state index contributed by atoms with van der Waals surface area (Å²) >= 11 is 26.1. The lowest BCUT2D eigenvalue weighted by atomic mass is 9.72. The van der Waals surface area contributed by atoms with Crippen molar-refractivity contribution < 1.29 is 19.1 Å². The minimum absolute atomic E-state index is 0.0216. The number of ether oxygens (including phenoxy) is 2. The first-order chi connectivity index (χ1) is 10.1. The number of hydrogen-bond donors (Lipinski definition) is 0. The molecular formula is C14H12Cl4O4. The molecule has 3 aliphatic rings. The van der Waals surface area contributed by atoms with Crippen molar-refractivity contribution in [1.29, 1.82) is 0 Å². The number of allylic oxidation sites excluding steroid dienone is 2. The second-order valence-corrected chi connectivity index (χ2v) is 7.57. The molecule has 4 nitrogen and oxygen atoms in total. The molecule has 8 heteroatoms. The zero-order valence-corrected chi connectivity index (χ0v) is 14.9. The standard InChI is InChI=1S/C14H12Cl4O4/c1-5-4-6(19)7-8(9(5)20)13(18)11(16)10(15)12(7,17)14(13,21-2)22-3/h4,7-8H,1-3H3/t7-,8-,12?,13?/m1/s1. The second-order valence-electron chi connectivity index (χ2n) is 5.63. The fourth-order valence-corrected chi connectivity index (χ4v) is 6.19. The minimum atomic E-state index is -1.73. The fraction of sp³-hybridized carbons (Fsp3) is 0.571. The maximum Gasteiger partial charge on any atom is 0.218 e. The van der Waals surface area contributed by atoms with Crippen molar-refractivity contribution in [3.63, 3.8) is 0 Å². The predicted octanol–water partition coefficient (Wildman–Crippen LogP) is 2.98. The normalized spacial score (nSPS) is 42.8. The highest BCUT2D eigenvalue weighted by atomic mass is 35.5. The van der Waals surface area contributed by atoms with Crippen molar-refractivity contribution in [1.82, 2.24) is 0 Å². The molecule has 1 saturated carbocycles. The first-order valence-electron chi connectivity index (χ1n) is 6.45. The van der Waals surface area contributed by atoms with Crippen LogP contribution >= 0.6 is 46.4 Å². The van der Waals surface area contributed by atoms with E-state index < -0.39 is 27.4 Å². The van der Waals surface area contributed by atoms with E-state index in [0.717, 1.165) is 0 Å². The highest BCUT2D eigenvalue weighted by Crippen LogP contribution is 2.74. The van der Waals surface area contributed by atoms with Gasteiger partial charge in [0.1, 0.15) is 9.75 Å². The van der Waals surface area contributed by atoms with E-state index in [1.54, 1.807) is 6.92 Å². The van der Waals surface area contributed by atoms with Gasteiger partial charge in [-0.25, -0.2) is 0 Å². The average Bonchev–Trinajstić information content (AvgIpc) is 2.73. The van der Waals surface area contributed by atoms with Gasteiger partial charge in [-0.05, 0) is 18.6 Å². The van der Waals surface area contributed by atoms with Crippen LogP contribution in [0, 0.1) is 11.8 Å². The van der Waals surface area contributed by atoms with E-state index in [9.17, 15) is 9.59 Å². The molecule has 0 amide bonds. The maximum atomic E-state index is 12.7. The molecule has 22 heavy (non-hydrogen) atoms. The van der Waals surface area contributed by atoms with Crippen LogP contribution in [-0.4, -0.2) is 41.3 Å². The zero-order chi connectivity index (χ0) is 16.7. The van der Waals surface area contributed by atoms with Crippen LogP contribution < -0.4 is 0 Å². The van der Waals surface area contributed by atoms with Gasteiger partial charge in [-0.3, -0.25) is 9.59 Å². The quantitative estimate of drug-likeness (QED) is 0.541. The third-order valence-corrected chi connectivity index (χ3v) is 7.50. The number of halogens is 4. The summed E-state index contributed by atoms with van der Waals surface area (Å²) in [5, 5.41) is -0.0449. The van der Waals surface area contributed by atoms with Gasteiger partial charge in [0, 0.05) is 14.2 Å². The monoisotopic (exact) mass is 384 g/mol. The van der Waals surface area contributed by atoms with Crippen LogP contribution in [0.4, 0.5) is 0 Å². The van der Waals surface area contributed by atoms with Gasteiger partial charge in [0.25, 0.3) is 0 Å². The van der Waals surface area contributed by atoms with Crippen LogP contribution in [-0.2, 0) is 19.1 Å². The molecule has 2 unspecified atom stereocenters. The number of carbonyl (C=O) groups excluding carboxylic acids is 2. The van der Waals surface area contributed by atoms with Crippen molar-refractivity contribution in [3.8, 4) is 0 Å². The molecule has 0 aromatic carbocycles. The molecule has 0 aliphatic heterocycles. The van der Waals surface area contributed by atoms with E-state index in [0.29, 0.717) is 5.57 Å². The Morgan fingerprint density at radius 2 is 1.45 bits per heavy atom. The van der Waals surface area contributed by atoms with Crippen molar-refractivity contribution in [2.45, 2.75) is 22.5 Å². The van der Waals surface area contributed by atoms with Crippen LogP contribution in [0.1, 0.15) is 6.92 Å². The highest BCUT2D eigenvalue weighted by Gasteiger charge is 2.87. The van der Waals surface area contributed by atoms with E-state index in [4.69, 9.17) is 55.9 Å². The minimum Gasteiger partial charge on any atom is -0.350 e. The van der Waals surface area contributed by atoms with Gasteiger partial charge in [0.05, 0.1) is 21.9 Å². The number of methoxy groups -OCH3 is 2. The highest BCUT2D eigenvalue weighted by molar-refractivity contribution is 6.53. The van der Waals surface area contributed by atoms with Crippen LogP contribution in [0.15, 0.2) is 21.7 Å². The molecular weight excluding hydrogens is 374 g/mol. The van der Waals surface area contributed by atoms with Crippen LogP contribution in [0.5, 0.6) is 0 Å². The lowest BCUT2D eigenvalue weighted by Gasteiger charge is -2.40. The summed E-state index contributed by atoms with van der Waals surface area (Å²) in [4.78, 5) is 21.9. The average molecular weight is 386 g/mol. The van der Waals surface area contributed by atoms with E-state index in [1.165, 1.54) is 20.3 Å². The molecule has 0 aromatic heterocycles. The summed E-state index contributed by atoms with van der Waals surface area (Å²) in [7, 11) is 2.65. The van der Waals surface area contributed by atoms with Gasteiger partial charge in [-0.1, -0.05) is 23.2 Å². The third kappa shape index (κ3) is 1.38. The summed E-state index contributed by atoms with van der Waals surface area (Å²) in [5.74, 6) is -4.39. The molecule has 4 atom stereocenters. The van der Waals surface area contributed by atoms with Crippen LogP contribution in [0.25, 0.3) is 0 Å². The number of rotatable bonds is 2. The summed E-state index contributed by atoms with van der Waals surface area (Å²) in [5.41, 5.74) is 0.292. The molecule has 0 N–H and O–H groups in total. The van der Waals surface area contributed by atoms with Gasteiger partial charge in [0.15, 0.2) is 11.6 Å². The molecule has 0 saturated heterocycles. The lowest BCUT2D eigenvalue weighted by molar-refractivity contribution is -0.220. The van der Waals surface area contributed by atoms with Crippen molar-refractivity contribution in [3.05, 3.63) is 21.7 Å². The topological polar surface area (TPSA) is 52.6 Å². The first kappa shape index (κ1) is 16.7. The van der Waals surface area contributed by atoms with Crippen molar-refractivity contribution in [2.75, 3.05) is 14.2 Å². The SMILES string of the molecule is COC1(OC)C2(Cl)C(Cl)=C(Cl)C1(Cl)[C@H]1C(=O)C(C)=CC(=O)[C@H]12. The molecule has 0 radical (unpaired) electrons. The largest absolute Gasteiger partial charge is 0.350 e. The number of fused-ring (bicyclic) bond motifs is 5. The Morgan fingerprint density at radius 1 is 1.00 bits per heavy atom. The van der Waals surface area contributed by atoms with E-state index in [-0.39, 0.29) is 21.6 Å². The van der Waals surface area contributed by atoms with E-state index >= 15 is 0 Å². The van der Waals surface area contributed by atoms with Gasteiger partial charge >= 0.3 is 0 Å². The number of ketones is 2. The Bertz CT molecular complexity index is 666. The molecule has 3 aliphatic carbocycles. The summed E-state index contributed by atoms with van der Waals surface area (Å²) in [6.07, 6.45) is 1.25. The van der Waals surface area contributed by atoms with Gasteiger partial charge in [-0.2, -0.15) is 0 Å². The molecule has 120 valence electrons. The Kier molecular flexibility index (Phi) is 3.59. The second kappa shape index (κ2) is 4.71. The summed E-state index contributed by atoms with van der Waals surface area (Å²) in [6, 6.07) is 0. The Labute approximate surface area is 147 Å². The van der Waals surface area contributed by atoms with Crippen molar-refractivity contribution in [2.24, 2.45) is 11.8 Å². The number of hydrogen-bond acceptors (Lipinski definition) is 4. The van der Waals surface area contributed by atoms with Gasteiger partial charge < -0.3 is 9.47 Å². The summed E-state index contributed by atoms with van der Waals surface area (Å²) in [6.45, 7) is 1.55. The zero-order valence-electron chi connectivity index (χ0n) is 11.9. The summed E-state index contributed by atoms with van der Waals surface area (Å²) < 4.78 is 11.0. The fourth-order valence-electron chi connectivity index (χ4n) is 4.00. The van der Waals surface area contributed by atoms with Crippen LogP contribution in [0.2, 0.25) is 0 Å². The first-order valence-corrected chi connectivity index (χ1v) is 7.97. The molecule has 1 fully saturated rings. The number of carbonyl (C=O) groups is 2. The molecule has 0 heterocycles. The predicted molar refractivity (Wildman–Crippen MR) is 83.4 cm³/mol. The number of alkyl halides is 2. The molecule has 0 spiro atoms. The van der Waals surface area contributed by atoms with Gasteiger partial charge in [0.2, 0.25) is 5.79 Å². The van der Waals surface area contributed by atoms with E-state index in [2.05, 4.69) is 0 Å². The van der Waals surface area contributed by atoms with Gasteiger partial charge in [-0.15, -0.1) is 23.2 Å². The Balaban J connectivity index is 2.39. The molecule has 3 rings (SSSR count). The number of Topliss-reactive ketones (excluding diaryl/α,β-unsaturated/α-hetero) is 1. The third-order valence-electron chi connectivity index (χ3n) is 4.89.